The van der Waals surface area contributed by atoms with Gasteiger partial charge < -0.3 is 14.4 Å². The van der Waals surface area contributed by atoms with Gasteiger partial charge in [-0.3, -0.25) is 4.79 Å². The Kier molecular flexibility index (Phi) is 7.28. The zero-order chi connectivity index (χ0) is 23.5. The number of rotatable bonds is 6. The first kappa shape index (κ1) is 23.8. The van der Waals surface area contributed by atoms with Crippen molar-refractivity contribution >= 4 is 23.5 Å². The van der Waals surface area contributed by atoms with Crippen LogP contribution < -0.4 is 4.74 Å². The minimum absolute atomic E-state index is 0.00346. The van der Waals surface area contributed by atoms with Crippen molar-refractivity contribution in [1.82, 2.24) is 4.90 Å². The van der Waals surface area contributed by atoms with Crippen molar-refractivity contribution in [2.24, 2.45) is 0 Å². The molecular formula is C22H20ClF4NO4. The zero-order valence-electron chi connectivity index (χ0n) is 17.0. The zero-order valence-corrected chi connectivity index (χ0v) is 17.8. The summed E-state index contributed by atoms with van der Waals surface area (Å²) in [6.07, 6.45) is -5.28. The predicted octanol–water partition coefficient (Wildman–Crippen LogP) is 4.65. The Hall–Kier alpha value is -2.81. The summed E-state index contributed by atoms with van der Waals surface area (Å²) in [6.45, 7) is 0.0152. The first-order valence-electron chi connectivity index (χ1n) is 9.74. The second-order valence-corrected chi connectivity index (χ2v) is 7.71. The lowest BCUT2D eigenvalue weighted by Crippen LogP contribution is -2.41. The molecule has 2 unspecified atom stereocenters. The summed E-state index contributed by atoms with van der Waals surface area (Å²) in [5.41, 5.74) is -0.695. The molecule has 10 heteroatoms. The van der Waals surface area contributed by atoms with Crippen molar-refractivity contribution in [1.29, 1.82) is 0 Å². The van der Waals surface area contributed by atoms with Crippen LogP contribution >= 0.6 is 11.6 Å². The number of likely N-dealkylation sites (tertiary alicyclic amines) is 1. The highest BCUT2D eigenvalue weighted by Crippen LogP contribution is 2.35. The molecule has 1 saturated heterocycles. The van der Waals surface area contributed by atoms with E-state index in [9.17, 15) is 27.2 Å². The van der Waals surface area contributed by atoms with Crippen LogP contribution in [0, 0.1) is 5.82 Å². The Bertz CT molecular complexity index is 998. The number of para-hydroxylation sites is 1. The van der Waals surface area contributed by atoms with Gasteiger partial charge in [0.1, 0.15) is 12.1 Å². The van der Waals surface area contributed by atoms with Gasteiger partial charge in [0, 0.05) is 12.8 Å². The number of aryl methyl sites for hydroxylation is 1. The molecule has 32 heavy (non-hydrogen) atoms. The normalized spacial score (nSPS) is 18.5. The highest BCUT2D eigenvalue weighted by atomic mass is 35.5. The number of halogens is 5. The molecule has 1 amide bonds. The van der Waals surface area contributed by atoms with Gasteiger partial charge in [-0.25, -0.2) is 9.18 Å². The minimum Gasteiger partial charge on any atom is -0.485 e. The molecule has 2 aromatic rings. The molecule has 0 aliphatic carbocycles. The van der Waals surface area contributed by atoms with Gasteiger partial charge in [-0.05, 0) is 36.2 Å². The number of ether oxygens (including phenoxy) is 2. The third-order valence-corrected chi connectivity index (χ3v) is 5.48. The Morgan fingerprint density at radius 1 is 1.19 bits per heavy atom. The van der Waals surface area contributed by atoms with Crippen molar-refractivity contribution in [3.63, 3.8) is 0 Å². The molecule has 1 fully saturated rings. The van der Waals surface area contributed by atoms with Crippen LogP contribution in [0.3, 0.4) is 0 Å². The molecule has 1 aliphatic rings. The van der Waals surface area contributed by atoms with E-state index in [1.54, 1.807) is 6.07 Å². The van der Waals surface area contributed by atoms with Crippen LogP contribution in [0.2, 0.25) is 5.02 Å². The Labute approximate surface area is 186 Å². The average molecular weight is 474 g/mol. The number of carbonyl (C=O) groups excluding carboxylic acids is 2. The van der Waals surface area contributed by atoms with Crippen molar-refractivity contribution in [2.45, 2.75) is 37.6 Å². The van der Waals surface area contributed by atoms with E-state index < -0.39 is 46.6 Å². The van der Waals surface area contributed by atoms with E-state index in [4.69, 9.17) is 21.1 Å². The number of esters is 1. The summed E-state index contributed by atoms with van der Waals surface area (Å²) >= 11 is 5.62. The summed E-state index contributed by atoms with van der Waals surface area (Å²) in [5, 5.41) is -0.425. The predicted molar refractivity (Wildman–Crippen MR) is 108 cm³/mol. The lowest BCUT2D eigenvalue weighted by molar-refractivity contribution is -0.150. The molecule has 172 valence electrons. The lowest BCUT2D eigenvalue weighted by atomic mass is 10.1. The number of nitrogens with zero attached hydrogens (tertiary/aromatic N) is 1. The lowest BCUT2D eigenvalue weighted by Gasteiger charge is -2.22. The van der Waals surface area contributed by atoms with Crippen molar-refractivity contribution in [3.8, 4) is 5.75 Å². The number of hydrogen-bond acceptors (Lipinski definition) is 4. The highest BCUT2D eigenvalue weighted by molar-refractivity contribution is 6.31. The standard InChI is InChI=1S/C22H20ClF4NO4/c1-31-21(30)18-11-14(32-19-5-3-2-4-17(19)24)12-28(18)20(29)9-7-13-6-8-16(23)15(10-13)22(25,26)27/h2-6,8,10,14,18H,7,9,11-12H2,1H3. The van der Waals surface area contributed by atoms with E-state index in [2.05, 4.69) is 0 Å². The maximum Gasteiger partial charge on any atom is 0.417 e. The molecule has 1 heterocycles. The second kappa shape index (κ2) is 9.77. The van der Waals surface area contributed by atoms with Gasteiger partial charge >= 0.3 is 12.1 Å². The summed E-state index contributed by atoms with van der Waals surface area (Å²) in [4.78, 5) is 26.2. The fraction of sp³-hybridized carbons (Fsp3) is 0.364. The van der Waals surface area contributed by atoms with Crippen LogP contribution in [0.5, 0.6) is 5.75 Å². The molecule has 0 spiro atoms. The Balaban J connectivity index is 1.70. The molecular weight excluding hydrogens is 454 g/mol. The van der Waals surface area contributed by atoms with E-state index in [0.29, 0.717) is 0 Å². The number of methoxy groups -OCH3 is 1. The van der Waals surface area contributed by atoms with Gasteiger partial charge in [-0.2, -0.15) is 13.2 Å². The van der Waals surface area contributed by atoms with Crippen LogP contribution in [0.15, 0.2) is 42.5 Å². The van der Waals surface area contributed by atoms with E-state index in [1.165, 1.54) is 36.3 Å². The monoisotopic (exact) mass is 473 g/mol. The van der Waals surface area contributed by atoms with Crippen LogP contribution in [-0.4, -0.2) is 42.6 Å². The van der Waals surface area contributed by atoms with Gasteiger partial charge in [0.25, 0.3) is 0 Å². The summed E-state index contributed by atoms with van der Waals surface area (Å²) in [5.74, 6) is -1.68. The number of amides is 1. The van der Waals surface area contributed by atoms with Crippen LogP contribution in [0.1, 0.15) is 24.0 Å². The van der Waals surface area contributed by atoms with E-state index in [-0.39, 0.29) is 37.1 Å². The maximum atomic E-state index is 13.9. The molecule has 0 radical (unpaired) electrons. The van der Waals surface area contributed by atoms with Crippen molar-refractivity contribution in [3.05, 3.63) is 64.4 Å². The number of alkyl halides is 3. The number of carbonyl (C=O) groups is 2. The Morgan fingerprint density at radius 2 is 1.91 bits per heavy atom. The van der Waals surface area contributed by atoms with Gasteiger partial charge in [-0.1, -0.05) is 29.8 Å². The molecule has 0 N–H and O–H groups in total. The van der Waals surface area contributed by atoms with Gasteiger partial charge in [0.15, 0.2) is 11.6 Å². The Morgan fingerprint density at radius 3 is 2.56 bits per heavy atom. The fourth-order valence-electron chi connectivity index (χ4n) is 3.58. The quantitative estimate of drug-likeness (QED) is 0.452. The van der Waals surface area contributed by atoms with E-state index in [1.807, 2.05) is 0 Å². The third-order valence-electron chi connectivity index (χ3n) is 5.15. The number of hydrogen-bond donors (Lipinski definition) is 0. The first-order valence-corrected chi connectivity index (χ1v) is 10.1. The molecule has 0 saturated carbocycles. The number of benzene rings is 2. The summed E-state index contributed by atoms with van der Waals surface area (Å²) in [6, 6.07) is 8.28. The van der Waals surface area contributed by atoms with Gasteiger partial charge in [0.2, 0.25) is 5.91 Å². The molecule has 3 rings (SSSR count). The minimum atomic E-state index is -4.61. The fourth-order valence-corrected chi connectivity index (χ4v) is 3.80. The van der Waals surface area contributed by atoms with Gasteiger partial charge in [-0.15, -0.1) is 0 Å². The molecule has 1 aliphatic heterocycles. The van der Waals surface area contributed by atoms with Crippen LogP contribution in [-0.2, 0) is 26.9 Å². The molecule has 0 aromatic heterocycles. The van der Waals surface area contributed by atoms with E-state index in [0.717, 1.165) is 12.1 Å². The summed E-state index contributed by atoms with van der Waals surface area (Å²) in [7, 11) is 1.18. The molecule has 2 atom stereocenters. The van der Waals surface area contributed by atoms with E-state index >= 15 is 0 Å². The highest BCUT2D eigenvalue weighted by Gasteiger charge is 2.41. The average Bonchev–Trinajstić information content (AvgIpc) is 3.17. The largest absolute Gasteiger partial charge is 0.485 e. The van der Waals surface area contributed by atoms with Crippen molar-refractivity contribution < 1.29 is 36.6 Å². The molecule has 5 nitrogen and oxygen atoms in total. The van der Waals surface area contributed by atoms with Gasteiger partial charge in [0.05, 0.1) is 24.2 Å². The topological polar surface area (TPSA) is 55.8 Å². The SMILES string of the molecule is COC(=O)C1CC(Oc2ccccc2F)CN1C(=O)CCc1ccc(Cl)c(C(F)(F)F)c1. The van der Waals surface area contributed by atoms with Crippen LogP contribution in [0.25, 0.3) is 0 Å². The third kappa shape index (κ3) is 5.51. The molecule has 0 bridgehead atoms. The summed E-state index contributed by atoms with van der Waals surface area (Å²) < 4.78 is 63.4. The van der Waals surface area contributed by atoms with Crippen LogP contribution in [0.4, 0.5) is 17.6 Å². The first-order chi connectivity index (χ1) is 15.1. The second-order valence-electron chi connectivity index (χ2n) is 7.30. The smallest absolute Gasteiger partial charge is 0.417 e. The van der Waals surface area contributed by atoms with Crippen molar-refractivity contribution in [2.75, 3.05) is 13.7 Å². The maximum absolute atomic E-state index is 13.9. The molecule has 2 aromatic carbocycles.